The highest BCUT2D eigenvalue weighted by molar-refractivity contribution is 5.71. The van der Waals surface area contributed by atoms with Gasteiger partial charge in [0, 0.05) is 19.3 Å². The zero-order chi connectivity index (χ0) is 54.3. The fourth-order valence-corrected chi connectivity index (χ4v) is 9.35. The fraction of sp³-hybridized carbons (Fsp3) is 0.783. The molecule has 0 bridgehead atoms. The van der Waals surface area contributed by atoms with Crippen LogP contribution in [0.5, 0.6) is 0 Å². The van der Waals surface area contributed by atoms with Crippen LogP contribution < -0.4 is 0 Å². The van der Waals surface area contributed by atoms with Crippen molar-refractivity contribution in [2.24, 2.45) is 0 Å². The maximum absolute atomic E-state index is 12.9. The molecule has 434 valence electrons. The van der Waals surface area contributed by atoms with E-state index in [9.17, 15) is 14.4 Å². The molecular formula is C69H122O6. The van der Waals surface area contributed by atoms with Crippen LogP contribution >= 0.6 is 0 Å². The first-order valence-electron chi connectivity index (χ1n) is 32.4. The summed E-state index contributed by atoms with van der Waals surface area (Å²) in [6.45, 7) is 6.53. The van der Waals surface area contributed by atoms with E-state index in [1.54, 1.807) is 0 Å². The maximum Gasteiger partial charge on any atom is 0.306 e. The highest BCUT2D eigenvalue weighted by Gasteiger charge is 2.19. The van der Waals surface area contributed by atoms with Crippen LogP contribution in [0.25, 0.3) is 0 Å². The van der Waals surface area contributed by atoms with Crippen molar-refractivity contribution in [3.05, 3.63) is 72.9 Å². The summed E-state index contributed by atoms with van der Waals surface area (Å²) in [6, 6.07) is 0. The molecule has 1 unspecified atom stereocenters. The lowest BCUT2D eigenvalue weighted by molar-refractivity contribution is -0.167. The Balaban J connectivity index is 4.37. The Hall–Kier alpha value is -3.15. The summed E-state index contributed by atoms with van der Waals surface area (Å²) in [5.74, 6) is -0.895. The van der Waals surface area contributed by atoms with Gasteiger partial charge in [0.05, 0.1) is 0 Å². The van der Waals surface area contributed by atoms with Crippen LogP contribution in [0.4, 0.5) is 0 Å². The molecule has 0 aromatic carbocycles. The molecule has 0 radical (unpaired) electrons. The third kappa shape index (κ3) is 61.6. The van der Waals surface area contributed by atoms with Gasteiger partial charge in [0.15, 0.2) is 6.10 Å². The summed E-state index contributed by atoms with van der Waals surface area (Å²) in [7, 11) is 0. The molecule has 0 saturated carbocycles. The van der Waals surface area contributed by atoms with Crippen LogP contribution in [0.1, 0.15) is 329 Å². The number of hydrogen-bond donors (Lipinski definition) is 0. The topological polar surface area (TPSA) is 78.9 Å². The van der Waals surface area contributed by atoms with Crippen LogP contribution in [0.3, 0.4) is 0 Å². The lowest BCUT2D eigenvalue weighted by atomic mass is 10.0. The molecule has 0 saturated heterocycles. The van der Waals surface area contributed by atoms with Crippen molar-refractivity contribution < 1.29 is 28.6 Å². The van der Waals surface area contributed by atoms with E-state index in [2.05, 4.69) is 93.7 Å². The highest BCUT2D eigenvalue weighted by Crippen LogP contribution is 2.17. The Morgan fingerprint density at radius 2 is 0.520 bits per heavy atom. The third-order valence-corrected chi connectivity index (χ3v) is 14.2. The van der Waals surface area contributed by atoms with Gasteiger partial charge in [0.25, 0.3) is 0 Å². The Morgan fingerprint density at radius 1 is 0.280 bits per heavy atom. The average Bonchev–Trinajstić information content (AvgIpc) is 3.41. The van der Waals surface area contributed by atoms with Crippen molar-refractivity contribution in [3.63, 3.8) is 0 Å². The number of hydrogen-bond acceptors (Lipinski definition) is 6. The molecular weight excluding hydrogens is 925 g/mol. The average molecular weight is 1050 g/mol. The first-order chi connectivity index (χ1) is 37.0. The number of ether oxygens (including phenoxy) is 3. The Bertz CT molecular complexity index is 1390. The van der Waals surface area contributed by atoms with Crippen LogP contribution in [0, 0.1) is 0 Å². The third-order valence-electron chi connectivity index (χ3n) is 14.2. The summed E-state index contributed by atoms with van der Waals surface area (Å²) in [5, 5.41) is 0. The number of carbonyl (C=O) groups excluding carboxylic acids is 3. The van der Waals surface area contributed by atoms with Crippen LogP contribution in [0.15, 0.2) is 72.9 Å². The van der Waals surface area contributed by atoms with E-state index in [0.717, 1.165) is 116 Å². The van der Waals surface area contributed by atoms with Crippen LogP contribution in [-0.4, -0.2) is 37.2 Å². The molecule has 75 heavy (non-hydrogen) atoms. The smallest absolute Gasteiger partial charge is 0.306 e. The van der Waals surface area contributed by atoms with Crippen molar-refractivity contribution in [2.75, 3.05) is 13.2 Å². The second-order valence-corrected chi connectivity index (χ2v) is 21.6. The summed E-state index contributed by atoms with van der Waals surface area (Å²) in [5.41, 5.74) is 0. The molecule has 6 nitrogen and oxygen atoms in total. The quantitative estimate of drug-likeness (QED) is 0.0261. The van der Waals surface area contributed by atoms with E-state index in [1.807, 2.05) is 0 Å². The Morgan fingerprint density at radius 3 is 0.827 bits per heavy atom. The van der Waals surface area contributed by atoms with Gasteiger partial charge in [-0.1, -0.05) is 293 Å². The van der Waals surface area contributed by atoms with Crippen molar-refractivity contribution in [1.29, 1.82) is 0 Å². The molecule has 0 N–H and O–H groups in total. The van der Waals surface area contributed by atoms with Gasteiger partial charge in [-0.25, -0.2) is 0 Å². The van der Waals surface area contributed by atoms with E-state index >= 15 is 0 Å². The maximum atomic E-state index is 12.9. The Labute approximate surface area is 465 Å². The molecule has 0 spiro atoms. The molecule has 0 amide bonds. The lowest BCUT2D eigenvalue weighted by Crippen LogP contribution is -2.30. The van der Waals surface area contributed by atoms with Gasteiger partial charge in [-0.05, 0) is 89.9 Å². The minimum absolute atomic E-state index is 0.0831. The molecule has 0 aromatic rings. The SMILES string of the molecule is CC/C=C\C/C=C\C/C=C\C/C=C\CCCCCCCCC(=O)OC(COC(=O)CCCCCCC/C=C\C/C=C\CCCCCC)COC(=O)CCCCCCCCCCCCCCCCCCCCCCCC. The molecule has 6 heteroatoms. The van der Waals surface area contributed by atoms with Gasteiger partial charge in [-0.2, -0.15) is 0 Å². The first-order valence-corrected chi connectivity index (χ1v) is 32.4. The zero-order valence-electron chi connectivity index (χ0n) is 49.8. The number of esters is 3. The molecule has 0 aromatic heterocycles. The molecule has 1 atom stereocenters. The second-order valence-electron chi connectivity index (χ2n) is 21.6. The standard InChI is InChI=1S/C69H122O6/c1-4-7-10-13-16-19-22-25-28-31-33-34-35-37-38-41-44-47-50-53-56-59-62-68(71)74-65-66(64-73-67(70)61-58-55-52-49-46-43-40-30-27-24-21-18-15-12-9-6-3)75-69(72)63-60-57-54-51-48-45-42-39-36-32-29-26-23-20-17-14-11-8-5-2/h8,11,17,20-21,24,26,29-30,36,39-40,66H,4-7,9-10,12-16,18-19,22-23,25,27-28,31-35,37-38,41-65H2,1-3H3/b11-8-,20-17-,24-21-,29-26-,39-36-,40-30-. The van der Waals surface area contributed by atoms with Gasteiger partial charge < -0.3 is 14.2 Å². The van der Waals surface area contributed by atoms with Crippen LogP contribution in [-0.2, 0) is 28.6 Å². The van der Waals surface area contributed by atoms with Crippen molar-refractivity contribution in [2.45, 2.75) is 335 Å². The lowest BCUT2D eigenvalue weighted by Gasteiger charge is -2.18. The van der Waals surface area contributed by atoms with E-state index in [1.165, 1.54) is 173 Å². The monoisotopic (exact) mass is 1050 g/mol. The van der Waals surface area contributed by atoms with Crippen LogP contribution in [0.2, 0.25) is 0 Å². The molecule has 0 fully saturated rings. The van der Waals surface area contributed by atoms with E-state index in [0.29, 0.717) is 19.3 Å². The van der Waals surface area contributed by atoms with Crippen molar-refractivity contribution in [3.8, 4) is 0 Å². The molecule has 0 aliphatic carbocycles. The number of unbranched alkanes of at least 4 members (excludes halogenated alkanes) is 36. The largest absolute Gasteiger partial charge is 0.462 e. The summed E-state index contributed by atoms with van der Waals surface area (Å²) < 4.78 is 16.9. The van der Waals surface area contributed by atoms with Gasteiger partial charge >= 0.3 is 17.9 Å². The molecule has 0 aliphatic rings. The first kappa shape index (κ1) is 71.8. The van der Waals surface area contributed by atoms with Gasteiger partial charge in [0.2, 0.25) is 0 Å². The molecule has 0 heterocycles. The zero-order valence-corrected chi connectivity index (χ0v) is 49.8. The van der Waals surface area contributed by atoms with Crippen molar-refractivity contribution >= 4 is 17.9 Å². The predicted octanol–water partition coefficient (Wildman–Crippen LogP) is 22.1. The highest BCUT2D eigenvalue weighted by atomic mass is 16.6. The fourth-order valence-electron chi connectivity index (χ4n) is 9.35. The minimum atomic E-state index is -0.789. The summed E-state index contributed by atoms with van der Waals surface area (Å²) >= 11 is 0. The van der Waals surface area contributed by atoms with Gasteiger partial charge in [-0.15, -0.1) is 0 Å². The number of carbonyl (C=O) groups is 3. The number of rotatable bonds is 59. The minimum Gasteiger partial charge on any atom is -0.462 e. The van der Waals surface area contributed by atoms with E-state index in [4.69, 9.17) is 14.2 Å². The van der Waals surface area contributed by atoms with E-state index in [-0.39, 0.29) is 31.1 Å². The molecule has 0 rings (SSSR count). The molecule has 0 aliphatic heterocycles. The van der Waals surface area contributed by atoms with E-state index < -0.39 is 6.10 Å². The van der Waals surface area contributed by atoms with Gasteiger partial charge in [0.1, 0.15) is 13.2 Å². The normalized spacial score (nSPS) is 12.5. The second kappa shape index (κ2) is 63.4. The Kier molecular flexibility index (Phi) is 60.7. The predicted molar refractivity (Wildman–Crippen MR) is 325 cm³/mol. The van der Waals surface area contributed by atoms with Crippen molar-refractivity contribution in [1.82, 2.24) is 0 Å². The summed E-state index contributed by atoms with van der Waals surface area (Å²) in [6.07, 6.45) is 81.9. The summed E-state index contributed by atoms with van der Waals surface area (Å²) in [4.78, 5) is 38.3. The number of allylic oxidation sites excluding steroid dienone is 12. The van der Waals surface area contributed by atoms with Gasteiger partial charge in [-0.3, -0.25) is 14.4 Å².